The third kappa shape index (κ3) is 19.4. The predicted octanol–water partition coefficient (Wildman–Crippen LogP) is 14.4. The lowest BCUT2D eigenvalue weighted by Gasteiger charge is -2.37. The van der Waals surface area contributed by atoms with E-state index in [9.17, 15) is 76.3 Å². The number of hydrogen-bond acceptors (Lipinski definition) is 23. The van der Waals surface area contributed by atoms with E-state index >= 15 is 8.78 Å². The standard InChI is InChI=1S/C23H19F6N3O3S.C21H18BrF3N2O2S.C21H19F3N8O2S.C14H16F3N3OS/c1-21(25,26)17-15-10-36-20(31-18(33)12-5-3-2-4-6-12)32-22(15,11-35-17)14-9-13(7-8-16(14)24)30-19(34)23(27,28)29;1-20(24,25)17-15-10-30-19(26-18(28)12-5-3-2-4-6-12)27-21(15,11-29-17)14-9-13(22)7-8-16(14)23;1-20(23,24)17-13-7-35-19(25)31-21(13,8-34-17)12-4-11(2-3-14(12)22)30-18(33)15-5-28-16(6-27-15)32-10-26-9-29-32;1-13(16,17)11-9-5-22-12(19)20-14(9,6-21-11)8-4-7(18)2-3-10(8)15/h2-9,15,17H,10-11H2,1H3,(H,30,34)(H,31,32,33);2-9,15,17H,10-11H2,1H3,(H,26,27,28);2-6,9-10,13,17H,7-8H2,1H3,(H2,25,31)(H,30,33);2-4,9,11H,5-6,18H2,1H3,(H2,19,20)/t15-,17+,22-;15-,17+,21-;13-,17+,21-;9-,11+,14-/m1111/s1. The number of aliphatic imine (C=N–C) groups is 4. The second-order valence-electron chi connectivity index (χ2n) is 29.8. The van der Waals surface area contributed by atoms with Crippen LogP contribution in [0.3, 0.4) is 0 Å². The van der Waals surface area contributed by atoms with E-state index in [1.54, 1.807) is 66.0 Å². The number of nitrogens with one attached hydrogen (secondary N) is 4. The Morgan fingerprint density at radius 2 is 0.837 bits per heavy atom. The number of nitrogens with zero attached hydrogens (tertiary/aromatic N) is 9. The number of alkyl halides is 11. The van der Waals surface area contributed by atoms with Crippen molar-refractivity contribution in [2.45, 2.75) is 104 Å². The van der Waals surface area contributed by atoms with Gasteiger partial charge in [-0.3, -0.25) is 19.2 Å². The number of hydrogen-bond donors (Lipinski definition) is 7. The van der Waals surface area contributed by atoms with Crippen molar-refractivity contribution in [3.8, 4) is 5.82 Å². The molecular formula is C79H72BrF15N16O8S4. The number of aromatic nitrogens is 5. The number of amidine groups is 4. The monoisotopic (exact) mass is 1860 g/mol. The van der Waals surface area contributed by atoms with Gasteiger partial charge < -0.3 is 57.4 Å². The summed E-state index contributed by atoms with van der Waals surface area (Å²) in [4.78, 5) is 79.0. The SMILES string of the molecule is CC(F)(F)[C@H]1OC[C@]2(c3cc(Br)ccc3F)N=C(NC(=O)c3ccccc3)SC[C@H]12.CC(F)(F)[C@H]1OC[C@]2(c3cc(N)ccc3F)N=C(N)SC[C@H]12.CC(F)(F)[C@H]1OC[C@]2(c3cc(NC(=O)C(F)(F)F)ccc3F)N=C(NC(=O)c3ccccc3)SC[C@H]12.CC(F)(F)[C@H]1OC[C@]2(c3cc(NC(=O)c4cnc(-n5cncn5)cn4)ccc3F)N=C(N)SC[C@H]12. The fraction of sp³-hybridized carbons (Fsp3) is 0.367. The number of carbonyl (C=O) groups excluding carboxylic acids is 4. The number of thioether (sulfide) groups is 4. The van der Waals surface area contributed by atoms with E-state index in [1.165, 1.54) is 90.0 Å². The zero-order valence-corrected chi connectivity index (χ0v) is 69.3. The van der Waals surface area contributed by atoms with Crippen LogP contribution in [-0.2, 0) is 45.9 Å². The van der Waals surface area contributed by atoms with Crippen molar-refractivity contribution in [2.75, 3.05) is 65.8 Å². The fourth-order valence-corrected chi connectivity index (χ4v) is 20.3. The summed E-state index contributed by atoms with van der Waals surface area (Å²) in [5.41, 5.74) is 12.5. The van der Waals surface area contributed by atoms with Crippen LogP contribution in [0.25, 0.3) is 5.82 Å². The number of carbonyl (C=O) groups is 4. The molecule has 4 amide bonds. The summed E-state index contributed by atoms with van der Waals surface area (Å²) >= 11 is 7.74. The smallest absolute Gasteiger partial charge is 0.399 e. The van der Waals surface area contributed by atoms with Gasteiger partial charge in [-0.15, -0.1) is 0 Å². The molecule has 6 aromatic carbocycles. The van der Waals surface area contributed by atoms with Crippen molar-refractivity contribution < 1.29 is 104 Å². The van der Waals surface area contributed by atoms with Gasteiger partial charge in [0.25, 0.3) is 41.4 Å². The van der Waals surface area contributed by atoms with Crippen molar-refractivity contribution in [3.63, 3.8) is 0 Å². The van der Waals surface area contributed by atoms with Crippen molar-refractivity contribution in [1.82, 2.24) is 35.4 Å². The average molecular weight is 1870 g/mol. The molecule has 0 saturated carbocycles. The maximum atomic E-state index is 15.1. The Bertz CT molecular complexity index is 5420. The molecule has 0 radical (unpaired) electrons. The van der Waals surface area contributed by atoms with E-state index in [0.717, 1.165) is 80.3 Å². The highest BCUT2D eigenvalue weighted by Crippen LogP contribution is 2.57. The largest absolute Gasteiger partial charge is 0.471 e. The average Bonchev–Trinajstić information content (AvgIpc) is 1.61. The highest BCUT2D eigenvalue weighted by molar-refractivity contribution is 9.10. The minimum absolute atomic E-state index is 0.00185. The summed E-state index contributed by atoms with van der Waals surface area (Å²) in [5.74, 6) is -21.6. The highest BCUT2D eigenvalue weighted by atomic mass is 79.9. The Kier molecular flexibility index (Phi) is 26.3. The van der Waals surface area contributed by atoms with E-state index in [0.29, 0.717) is 34.0 Å². The Labute approximate surface area is 715 Å². The molecule has 16 rings (SSSR count). The first kappa shape index (κ1) is 90.9. The Balaban J connectivity index is 0.000000143. The first-order valence-corrected chi connectivity index (χ1v) is 41.8. The number of benzene rings is 6. The molecule has 0 aliphatic carbocycles. The molecule has 24 nitrogen and oxygen atoms in total. The van der Waals surface area contributed by atoms with Gasteiger partial charge >= 0.3 is 12.1 Å². The molecule has 123 heavy (non-hydrogen) atoms. The zero-order valence-electron chi connectivity index (χ0n) is 64.5. The van der Waals surface area contributed by atoms with Crippen LogP contribution in [0.4, 0.5) is 82.9 Å². The Morgan fingerprint density at radius 3 is 1.23 bits per heavy atom. The molecule has 8 aromatic rings. The lowest BCUT2D eigenvalue weighted by Crippen LogP contribution is -2.47. The van der Waals surface area contributed by atoms with Gasteiger partial charge in [0.05, 0.1) is 38.8 Å². The summed E-state index contributed by atoms with van der Waals surface area (Å²) in [7, 11) is 0. The number of amides is 4. The van der Waals surface area contributed by atoms with Crippen molar-refractivity contribution in [1.29, 1.82) is 0 Å². The van der Waals surface area contributed by atoms with Crippen molar-refractivity contribution >= 4 is 124 Å². The number of nitrogens with two attached hydrogens (primary N) is 3. The van der Waals surface area contributed by atoms with Crippen LogP contribution in [0.2, 0.25) is 0 Å². The van der Waals surface area contributed by atoms with E-state index in [2.05, 4.69) is 71.9 Å². The lowest BCUT2D eigenvalue weighted by atomic mass is 9.77. The van der Waals surface area contributed by atoms with E-state index in [4.69, 9.17) is 36.1 Å². The number of rotatable bonds is 14. The molecule has 10 N–H and O–H groups in total. The summed E-state index contributed by atoms with van der Waals surface area (Å²) < 4.78 is 234. The van der Waals surface area contributed by atoms with Gasteiger partial charge in [0, 0.05) is 129 Å². The second-order valence-corrected chi connectivity index (χ2v) is 34.8. The normalized spacial score (nSPS) is 25.9. The molecule has 0 bridgehead atoms. The number of nitrogen functional groups attached to an aromatic ring is 1. The fourth-order valence-electron chi connectivity index (χ4n) is 15.5. The predicted molar refractivity (Wildman–Crippen MR) is 435 cm³/mol. The summed E-state index contributed by atoms with van der Waals surface area (Å²) in [6.45, 7) is 1.87. The van der Waals surface area contributed by atoms with Gasteiger partial charge in [0.2, 0.25) is 0 Å². The van der Waals surface area contributed by atoms with Crippen molar-refractivity contribution in [2.24, 2.45) is 55.1 Å². The molecule has 44 heteroatoms. The molecule has 4 fully saturated rings. The molecule has 8 aliphatic heterocycles. The van der Waals surface area contributed by atoms with Gasteiger partial charge in [-0.1, -0.05) is 99.4 Å². The third-order valence-electron chi connectivity index (χ3n) is 21.2. The second kappa shape index (κ2) is 35.7. The number of anilines is 3. The van der Waals surface area contributed by atoms with Crippen LogP contribution in [-0.4, -0.2) is 173 Å². The maximum Gasteiger partial charge on any atom is 0.471 e. The highest BCUT2D eigenvalue weighted by Gasteiger charge is 2.64. The van der Waals surface area contributed by atoms with Crippen molar-refractivity contribution in [3.05, 3.63) is 225 Å². The van der Waals surface area contributed by atoms with Crippen LogP contribution >= 0.6 is 63.0 Å². The van der Waals surface area contributed by atoms with E-state index in [-0.39, 0.29) is 103 Å². The van der Waals surface area contributed by atoms with Crippen LogP contribution in [0.5, 0.6) is 0 Å². The molecule has 0 spiro atoms. The molecule has 4 saturated heterocycles. The molecular weight excluding hydrogens is 1790 g/mol. The van der Waals surface area contributed by atoms with Gasteiger partial charge in [0.1, 0.15) is 88.2 Å². The van der Waals surface area contributed by atoms with Gasteiger partial charge in [-0.2, -0.15) is 18.3 Å². The quantitative estimate of drug-likeness (QED) is 0.0393. The van der Waals surface area contributed by atoms with Crippen LogP contribution in [0, 0.1) is 46.9 Å². The minimum Gasteiger partial charge on any atom is -0.399 e. The summed E-state index contributed by atoms with van der Waals surface area (Å²) in [6, 6.07) is 31.5. The third-order valence-corrected chi connectivity index (χ3v) is 25.5. The van der Waals surface area contributed by atoms with Crippen LogP contribution in [0.15, 0.2) is 183 Å². The molecule has 12 atom stereocenters. The van der Waals surface area contributed by atoms with E-state index in [1.807, 2.05) is 0 Å². The summed E-state index contributed by atoms with van der Waals surface area (Å²) in [6.07, 6.45) is -5.70. The minimum atomic E-state index is -5.20. The van der Waals surface area contributed by atoms with Crippen LogP contribution in [0.1, 0.15) is 81.2 Å². The number of halogens is 16. The summed E-state index contributed by atoms with van der Waals surface area (Å²) in [5, 5.41) is 14.1. The lowest BCUT2D eigenvalue weighted by molar-refractivity contribution is -0.167. The maximum absolute atomic E-state index is 15.1. The number of fused-ring (bicyclic) bond motifs is 4. The topological polar surface area (TPSA) is 337 Å². The molecule has 2 aromatic heterocycles. The molecule has 652 valence electrons. The van der Waals surface area contributed by atoms with E-state index < -0.39 is 153 Å². The van der Waals surface area contributed by atoms with Crippen LogP contribution < -0.4 is 38.5 Å². The number of ether oxygens (including phenoxy) is 4. The first-order chi connectivity index (χ1) is 57.9. The molecule has 10 heterocycles. The van der Waals surface area contributed by atoms with Gasteiger partial charge in [-0.05, 0) is 97.1 Å². The first-order valence-electron chi connectivity index (χ1n) is 37.0. The zero-order chi connectivity index (χ0) is 88.7. The Morgan fingerprint density at radius 1 is 0.455 bits per heavy atom. The Hall–Kier alpha value is -9.83. The molecule has 8 aliphatic rings. The van der Waals surface area contributed by atoms with Gasteiger partial charge in [-0.25, -0.2) is 92.3 Å². The van der Waals surface area contributed by atoms with Gasteiger partial charge in [0.15, 0.2) is 26.5 Å². The molecule has 0 unspecified atom stereocenters.